The highest BCUT2D eigenvalue weighted by atomic mass is 79.9. The van der Waals surface area contributed by atoms with Crippen LogP contribution < -0.4 is 22.5 Å². The van der Waals surface area contributed by atoms with Gasteiger partial charge in [0.2, 0.25) is 0 Å². The molecule has 4 heterocycles. The molecule has 0 bridgehead atoms. The van der Waals surface area contributed by atoms with Crippen LogP contribution in [0.2, 0.25) is 0 Å². The van der Waals surface area contributed by atoms with Crippen molar-refractivity contribution in [1.82, 2.24) is 37.8 Å². The number of aromatic nitrogens is 8. The first-order chi connectivity index (χ1) is 20.5. The van der Waals surface area contributed by atoms with Crippen LogP contribution in [0.5, 0.6) is 0 Å². The largest absolute Gasteiger partial charge is 0.339 e. The predicted molar refractivity (Wildman–Crippen MR) is 177 cm³/mol. The minimum absolute atomic E-state index is 0.268. The second kappa shape index (κ2) is 17.2. The maximum absolute atomic E-state index is 12.4. The van der Waals surface area contributed by atoms with Gasteiger partial charge in [0.25, 0.3) is 11.1 Å². The molecule has 13 heteroatoms. The second-order valence-electron chi connectivity index (χ2n) is 11.1. The number of rotatable bonds is 11. The monoisotopic (exact) mass is 664 g/mol. The van der Waals surface area contributed by atoms with Crippen LogP contribution in [0.15, 0.2) is 31.8 Å². The summed E-state index contributed by atoms with van der Waals surface area (Å²) < 4.78 is 6.85. The number of hydrogen-bond donors (Lipinski definition) is 1. The first-order valence-electron chi connectivity index (χ1n) is 15.2. The lowest BCUT2D eigenvalue weighted by atomic mass is 9.99. The van der Waals surface area contributed by atoms with Crippen LogP contribution in [0.4, 0.5) is 0 Å². The summed E-state index contributed by atoms with van der Waals surface area (Å²) >= 11 is 3.51. The van der Waals surface area contributed by atoms with Crippen molar-refractivity contribution < 1.29 is 0 Å². The maximum atomic E-state index is 12.4. The topological polar surface area (TPSA) is 134 Å². The van der Waals surface area contributed by atoms with E-state index in [0.717, 1.165) is 34.4 Å². The highest BCUT2D eigenvalue weighted by molar-refractivity contribution is 9.09. The van der Waals surface area contributed by atoms with Gasteiger partial charge in [0, 0.05) is 40.1 Å². The molecule has 0 aromatic carbocycles. The number of alkyl halides is 1. The Balaban J connectivity index is 0.000000250. The van der Waals surface area contributed by atoms with Crippen LogP contribution in [0.25, 0.3) is 22.3 Å². The third-order valence-corrected chi connectivity index (χ3v) is 8.92. The van der Waals surface area contributed by atoms with E-state index in [1.165, 1.54) is 73.4 Å². The molecule has 0 amide bonds. The molecule has 0 saturated heterocycles. The molecule has 0 saturated carbocycles. The molecule has 0 radical (unpaired) electrons. The number of halogens is 1. The van der Waals surface area contributed by atoms with E-state index < -0.39 is 0 Å². The summed E-state index contributed by atoms with van der Waals surface area (Å²) in [6.07, 6.45) is 13.1. The van der Waals surface area contributed by atoms with E-state index in [1.54, 1.807) is 20.4 Å². The third kappa shape index (κ3) is 8.67. The van der Waals surface area contributed by atoms with Crippen LogP contribution in [-0.2, 0) is 34.7 Å². The van der Waals surface area contributed by atoms with Gasteiger partial charge in [-0.05, 0) is 24.7 Å². The van der Waals surface area contributed by atoms with Crippen LogP contribution in [0, 0.1) is 11.8 Å². The number of unbranched alkanes of at least 4 members (excludes halogenated alkanes) is 2. The SMILES string of the molecule is CCCCC(CC)CBr.CCCCC(CC)Cn1cnc2c1c(=O)n(C)c(=O)n2C.Cn1c(=O)c2[nH]cnc2n(C)c1=O. The van der Waals surface area contributed by atoms with Crippen molar-refractivity contribution in [1.29, 1.82) is 0 Å². The minimum atomic E-state index is -0.371. The second-order valence-corrected chi connectivity index (χ2v) is 11.7. The van der Waals surface area contributed by atoms with E-state index in [2.05, 4.69) is 58.6 Å². The standard InChI is InChI=1S/C15H24N4O2.C8H17Br.C7H8N4O2/c1-5-7-8-11(6-2)9-19-10-16-13-12(19)14(20)18(4)15(21)17(13)3;1-3-5-6-8(4-2)7-9;1-10-5-4(8-3-9-5)6(12)11(2)7(10)13/h10-11H,5-9H2,1-4H3;8H,3-7H2,1-2H3;3H,1-2H3,(H,8,9). The number of H-pyrrole nitrogens is 1. The molecule has 0 aliphatic heterocycles. The summed E-state index contributed by atoms with van der Waals surface area (Å²) in [7, 11) is 6.17. The van der Waals surface area contributed by atoms with Gasteiger partial charge in [0.1, 0.15) is 5.52 Å². The fourth-order valence-electron chi connectivity index (χ4n) is 4.88. The van der Waals surface area contributed by atoms with Gasteiger partial charge in [0.05, 0.1) is 12.7 Å². The fraction of sp³-hybridized carbons (Fsp3) is 0.667. The normalized spacial score (nSPS) is 12.5. The van der Waals surface area contributed by atoms with Gasteiger partial charge < -0.3 is 9.55 Å². The van der Waals surface area contributed by atoms with Gasteiger partial charge in [-0.3, -0.25) is 27.9 Å². The zero-order valence-electron chi connectivity index (χ0n) is 27.0. The highest BCUT2D eigenvalue weighted by Crippen LogP contribution is 2.17. The molecule has 0 aliphatic carbocycles. The Morgan fingerprint density at radius 3 is 1.81 bits per heavy atom. The first-order valence-corrected chi connectivity index (χ1v) is 16.4. The Morgan fingerprint density at radius 1 is 0.744 bits per heavy atom. The summed E-state index contributed by atoms with van der Waals surface area (Å²) in [5.41, 5.74) is 0.396. The molecule has 4 aromatic rings. The molecular weight excluding hydrogens is 616 g/mol. The Kier molecular flexibility index (Phi) is 14.4. The summed E-state index contributed by atoms with van der Waals surface area (Å²) in [5, 5.41) is 1.18. The lowest BCUT2D eigenvalue weighted by Crippen LogP contribution is -2.37. The molecule has 240 valence electrons. The average molecular weight is 666 g/mol. The van der Waals surface area contributed by atoms with E-state index in [0.29, 0.717) is 28.2 Å². The van der Waals surface area contributed by atoms with Crippen molar-refractivity contribution in [2.75, 3.05) is 5.33 Å². The molecule has 2 atom stereocenters. The van der Waals surface area contributed by atoms with Crippen molar-refractivity contribution in [3.05, 3.63) is 54.3 Å². The molecule has 12 nitrogen and oxygen atoms in total. The zero-order chi connectivity index (χ0) is 32.3. The minimum Gasteiger partial charge on any atom is -0.339 e. The molecule has 0 aliphatic rings. The van der Waals surface area contributed by atoms with E-state index in [4.69, 9.17) is 0 Å². The molecule has 0 spiro atoms. The molecule has 2 unspecified atom stereocenters. The van der Waals surface area contributed by atoms with Crippen molar-refractivity contribution in [3.63, 3.8) is 0 Å². The van der Waals surface area contributed by atoms with Crippen molar-refractivity contribution in [2.24, 2.45) is 40.0 Å². The highest BCUT2D eigenvalue weighted by Gasteiger charge is 2.16. The van der Waals surface area contributed by atoms with Crippen LogP contribution >= 0.6 is 15.9 Å². The quantitative estimate of drug-likeness (QED) is 0.239. The Labute approximate surface area is 260 Å². The van der Waals surface area contributed by atoms with Gasteiger partial charge in [-0.2, -0.15) is 0 Å². The molecule has 4 aromatic heterocycles. The molecule has 4 rings (SSSR count). The Hall–Kier alpha value is -3.22. The van der Waals surface area contributed by atoms with E-state index in [9.17, 15) is 19.2 Å². The number of aromatic amines is 1. The van der Waals surface area contributed by atoms with Crippen LogP contribution in [0.3, 0.4) is 0 Å². The van der Waals surface area contributed by atoms with Gasteiger partial charge in [-0.15, -0.1) is 0 Å². The molecular formula is C30H49BrN8O4. The van der Waals surface area contributed by atoms with Gasteiger partial charge in [-0.1, -0.05) is 82.1 Å². The maximum Gasteiger partial charge on any atom is 0.332 e. The number of hydrogen-bond acceptors (Lipinski definition) is 6. The summed E-state index contributed by atoms with van der Waals surface area (Å²) in [6.45, 7) is 9.65. The van der Waals surface area contributed by atoms with Gasteiger partial charge in [-0.25, -0.2) is 19.6 Å². The van der Waals surface area contributed by atoms with Crippen molar-refractivity contribution >= 4 is 38.3 Å². The fourth-order valence-corrected chi connectivity index (χ4v) is 5.66. The number of nitrogens with one attached hydrogen (secondary N) is 1. The first kappa shape index (κ1) is 36.0. The third-order valence-electron chi connectivity index (χ3n) is 8.01. The lowest BCUT2D eigenvalue weighted by Gasteiger charge is -2.15. The number of imidazole rings is 2. The van der Waals surface area contributed by atoms with Crippen LogP contribution in [-0.4, -0.2) is 43.1 Å². The predicted octanol–water partition coefficient (Wildman–Crippen LogP) is 4.21. The van der Waals surface area contributed by atoms with E-state index in [1.807, 2.05) is 4.57 Å². The van der Waals surface area contributed by atoms with Gasteiger partial charge in [0.15, 0.2) is 16.8 Å². The van der Waals surface area contributed by atoms with E-state index in [-0.39, 0.29) is 22.5 Å². The smallest absolute Gasteiger partial charge is 0.332 e. The number of aryl methyl sites for hydroxylation is 2. The van der Waals surface area contributed by atoms with Gasteiger partial charge >= 0.3 is 11.4 Å². The zero-order valence-corrected chi connectivity index (χ0v) is 28.6. The molecule has 0 fully saturated rings. The van der Waals surface area contributed by atoms with Crippen molar-refractivity contribution in [3.8, 4) is 0 Å². The van der Waals surface area contributed by atoms with Crippen molar-refractivity contribution in [2.45, 2.75) is 85.6 Å². The number of fused-ring (bicyclic) bond motifs is 2. The lowest BCUT2D eigenvalue weighted by molar-refractivity contribution is 0.394. The summed E-state index contributed by atoms with van der Waals surface area (Å²) in [6, 6.07) is 0. The Morgan fingerprint density at radius 2 is 1.28 bits per heavy atom. The van der Waals surface area contributed by atoms with Crippen LogP contribution in [0.1, 0.15) is 79.1 Å². The molecule has 43 heavy (non-hydrogen) atoms. The number of nitrogens with zero attached hydrogens (tertiary/aromatic N) is 7. The van der Waals surface area contributed by atoms with E-state index >= 15 is 0 Å². The summed E-state index contributed by atoms with van der Waals surface area (Å²) in [5.74, 6) is 1.45. The average Bonchev–Trinajstić information content (AvgIpc) is 3.68. The Bertz CT molecular complexity index is 1690. The summed E-state index contributed by atoms with van der Waals surface area (Å²) in [4.78, 5) is 57.9. The molecule has 1 N–H and O–H groups in total.